The maximum absolute atomic E-state index is 13.8. The van der Waals surface area contributed by atoms with Gasteiger partial charge in [-0.25, -0.2) is 0 Å². The van der Waals surface area contributed by atoms with E-state index in [1.165, 1.54) is 6.92 Å². The van der Waals surface area contributed by atoms with E-state index in [1.807, 2.05) is 18.2 Å². The van der Waals surface area contributed by atoms with E-state index >= 15 is 0 Å². The van der Waals surface area contributed by atoms with Gasteiger partial charge in [-0.15, -0.1) is 0 Å². The lowest BCUT2D eigenvalue weighted by atomic mass is 10.0. The van der Waals surface area contributed by atoms with Crippen molar-refractivity contribution in [2.45, 2.75) is 82.1 Å². The van der Waals surface area contributed by atoms with Crippen LogP contribution in [0, 0.1) is 0 Å². The van der Waals surface area contributed by atoms with Gasteiger partial charge in [0.1, 0.15) is 30.2 Å². The first kappa shape index (κ1) is 46.4. The minimum Gasteiger partial charge on any atom is -0.370 e. The van der Waals surface area contributed by atoms with Crippen molar-refractivity contribution in [3.63, 3.8) is 0 Å². The first-order valence-corrected chi connectivity index (χ1v) is 19.5. The third kappa shape index (κ3) is 15.1. The third-order valence-electron chi connectivity index (χ3n) is 9.59. The Morgan fingerprint density at radius 2 is 1.39 bits per heavy atom. The Balaban J connectivity index is 1.65. The van der Waals surface area contributed by atoms with Crippen LogP contribution in [0.2, 0.25) is 0 Å². The smallest absolute Gasteiger partial charge is 0.243 e. The number of nitrogens with one attached hydrogen (secondary N) is 9. The molecule has 0 spiro atoms. The van der Waals surface area contributed by atoms with Crippen molar-refractivity contribution in [2.75, 3.05) is 19.6 Å². The molecule has 5 atom stereocenters. The van der Waals surface area contributed by atoms with Crippen LogP contribution in [-0.2, 0) is 60.8 Å². The molecule has 1 aromatic heterocycles. The van der Waals surface area contributed by atoms with Gasteiger partial charge in [-0.05, 0) is 36.5 Å². The van der Waals surface area contributed by atoms with Crippen LogP contribution in [0.1, 0.15) is 50.2 Å². The number of H-pyrrole nitrogens is 1. The van der Waals surface area contributed by atoms with Gasteiger partial charge in [-0.3, -0.25) is 47.9 Å². The number of nitrogens with two attached hydrogens (primary N) is 2. The van der Waals surface area contributed by atoms with Gasteiger partial charge in [0.15, 0.2) is 0 Å². The van der Waals surface area contributed by atoms with Gasteiger partial charge >= 0.3 is 0 Å². The van der Waals surface area contributed by atoms with Gasteiger partial charge in [0.2, 0.25) is 59.1 Å². The molecule has 3 unspecified atom stereocenters. The first-order valence-electron chi connectivity index (χ1n) is 19.5. The molecule has 2 aromatic carbocycles. The molecule has 2 heterocycles. The summed E-state index contributed by atoms with van der Waals surface area (Å²) in [5.74, 6) is -8.15. The second-order valence-corrected chi connectivity index (χ2v) is 14.4. The Morgan fingerprint density at radius 1 is 0.721 bits per heavy atom. The van der Waals surface area contributed by atoms with Gasteiger partial charge < -0.3 is 59.0 Å². The molecule has 1 saturated heterocycles. The van der Waals surface area contributed by atoms with Crippen molar-refractivity contribution < 1.29 is 47.9 Å². The van der Waals surface area contributed by atoms with Crippen molar-refractivity contribution in [2.24, 2.45) is 11.5 Å². The van der Waals surface area contributed by atoms with E-state index < -0.39 is 109 Å². The molecule has 0 saturated carbocycles. The Labute approximate surface area is 350 Å². The minimum absolute atomic E-state index is 0.0298. The number of carbonyl (C=O) groups is 10. The highest BCUT2D eigenvalue weighted by atomic mass is 16.2. The average Bonchev–Trinajstić information content (AvgIpc) is 3.63. The summed E-state index contributed by atoms with van der Waals surface area (Å²) in [4.78, 5) is 133. The molecule has 1 aliphatic heterocycles. The number of carbonyl (C=O) groups excluding carboxylic acids is 10. The molecule has 13 N–H and O–H groups in total. The lowest BCUT2D eigenvalue weighted by Gasteiger charge is -2.25. The SMILES string of the molecule is CC(=O)NCC(=O)NC1CCCNC(=O)CCC(C(N)=O)NC(=O)[C@H](Cc2c[nH]c3ccccc23)NC(=O)CNC(=O)C(Cc2ccccc2)NC(=O)[C@H](CC(N)=O)NC1=O. The number of hydrogen-bond donors (Lipinski definition) is 11. The Bertz CT molecular complexity index is 2110. The van der Waals surface area contributed by atoms with Crippen LogP contribution in [0.25, 0.3) is 10.9 Å². The fourth-order valence-electron chi connectivity index (χ4n) is 6.45. The van der Waals surface area contributed by atoms with E-state index in [-0.39, 0.29) is 45.1 Å². The zero-order chi connectivity index (χ0) is 44.5. The standard InChI is InChI=1S/C40H51N11O10/c1-22(52)44-20-34(55)47-28-12-7-15-43-33(54)14-13-27(36(42)57)49-39(60)30(17-24-19-45-26-11-6-5-10-25(24)26)48-35(56)21-46-37(58)29(16-23-8-3-2-4-9-23)50-40(61)31(18-32(41)53)51-38(28)59/h2-6,8-11,19,27-31,45H,7,12-18,20-21H2,1H3,(H2,41,53)(H2,42,57)(H,43,54)(H,44,52)(H,46,58)(H,47,55)(H,48,56)(H,49,60)(H,50,61)(H,51,59)/t27?,28?,29?,30-,31-/m0/s1. The fraction of sp³-hybridized carbons (Fsp3) is 0.400. The monoisotopic (exact) mass is 845 g/mol. The number of benzene rings is 2. The van der Waals surface area contributed by atoms with E-state index in [0.29, 0.717) is 11.1 Å². The largest absolute Gasteiger partial charge is 0.370 e. The summed E-state index contributed by atoms with van der Waals surface area (Å²) in [5, 5.41) is 20.7. The van der Waals surface area contributed by atoms with E-state index in [4.69, 9.17) is 11.5 Å². The van der Waals surface area contributed by atoms with Crippen LogP contribution in [0.4, 0.5) is 0 Å². The molecule has 3 aromatic rings. The van der Waals surface area contributed by atoms with Crippen molar-refractivity contribution >= 4 is 70.0 Å². The second-order valence-electron chi connectivity index (χ2n) is 14.4. The van der Waals surface area contributed by atoms with Crippen LogP contribution in [0.15, 0.2) is 60.8 Å². The van der Waals surface area contributed by atoms with Gasteiger partial charge in [0.25, 0.3) is 0 Å². The normalized spacial score (nSPS) is 21.6. The van der Waals surface area contributed by atoms with E-state index in [9.17, 15) is 47.9 Å². The van der Waals surface area contributed by atoms with Crippen molar-refractivity contribution in [3.8, 4) is 0 Å². The predicted molar refractivity (Wildman–Crippen MR) is 218 cm³/mol. The van der Waals surface area contributed by atoms with Crippen molar-refractivity contribution in [1.82, 2.24) is 47.5 Å². The summed E-state index contributed by atoms with van der Waals surface area (Å²) in [5.41, 5.74) is 13.0. The quantitative estimate of drug-likeness (QED) is 0.0965. The summed E-state index contributed by atoms with van der Waals surface area (Å²) in [7, 11) is 0. The fourth-order valence-corrected chi connectivity index (χ4v) is 6.45. The lowest BCUT2D eigenvalue weighted by molar-refractivity contribution is -0.135. The Morgan fingerprint density at radius 3 is 2.10 bits per heavy atom. The topological polar surface area (TPSA) is 335 Å². The summed E-state index contributed by atoms with van der Waals surface area (Å²) < 4.78 is 0. The highest BCUT2D eigenvalue weighted by molar-refractivity contribution is 5.98. The zero-order valence-corrected chi connectivity index (χ0v) is 33.5. The average molecular weight is 846 g/mol. The number of hydrogen-bond acceptors (Lipinski definition) is 10. The van der Waals surface area contributed by atoms with E-state index in [0.717, 1.165) is 10.9 Å². The number of rotatable bonds is 10. The summed E-state index contributed by atoms with van der Waals surface area (Å²) in [6, 6.07) is 8.74. The van der Waals surface area contributed by atoms with Crippen molar-refractivity contribution in [3.05, 3.63) is 71.9 Å². The molecule has 1 fully saturated rings. The summed E-state index contributed by atoms with van der Waals surface area (Å²) >= 11 is 0. The van der Waals surface area contributed by atoms with Gasteiger partial charge in [-0.2, -0.15) is 0 Å². The molecule has 61 heavy (non-hydrogen) atoms. The highest BCUT2D eigenvalue weighted by Crippen LogP contribution is 2.19. The molecule has 0 aliphatic carbocycles. The number of primary amides is 2. The van der Waals surface area contributed by atoms with Gasteiger partial charge in [0, 0.05) is 49.8 Å². The first-order chi connectivity index (χ1) is 29.1. The maximum Gasteiger partial charge on any atom is 0.243 e. The van der Waals surface area contributed by atoms with E-state index in [1.54, 1.807) is 42.6 Å². The molecule has 21 nitrogen and oxygen atoms in total. The molecular formula is C40H51N11O10. The molecule has 4 rings (SSSR count). The summed E-state index contributed by atoms with van der Waals surface area (Å²) in [6.07, 6.45) is 0.271. The number of para-hydroxylation sites is 1. The number of amides is 10. The third-order valence-corrected chi connectivity index (χ3v) is 9.59. The molecule has 0 radical (unpaired) electrons. The Kier molecular flexibility index (Phi) is 17.3. The second kappa shape index (κ2) is 22.7. The molecular weight excluding hydrogens is 795 g/mol. The number of aromatic nitrogens is 1. The van der Waals surface area contributed by atoms with Crippen molar-refractivity contribution in [1.29, 1.82) is 0 Å². The molecule has 1 aliphatic rings. The van der Waals surface area contributed by atoms with Crippen LogP contribution in [0.5, 0.6) is 0 Å². The van der Waals surface area contributed by atoms with Crippen LogP contribution < -0.4 is 54.0 Å². The van der Waals surface area contributed by atoms with E-state index in [2.05, 4.69) is 47.5 Å². The molecule has 326 valence electrons. The minimum atomic E-state index is -1.64. The summed E-state index contributed by atoms with van der Waals surface area (Å²) in [6.45, 7) is -0.0172. The van der Waals surface area contributed by atoms with Crippen LogP contribution in [0.3, 0.4) is 0 Å². The van der Waals surface area contributed by atoms with Gasteiger partial charge in [0.05, 0.1) is 19.5 Å². The zero-order valence-electron chi connectivity index (χ0n) is 33.5. The maximum atomic E-state index is 13.8. The lowest BCUT2D eigenvalue weighted by Crippen LogP contribution is -2.59. The number of aromatic amines is 1. The molecule has 0 bridgehead atoms. The van der Waals surface area contributed by atoms with Crippen LogP contribution >= 0.6 is 0 Å². The molecule has 10 amide bonds. The van der Waals surface area contributed by atoms with Gasteiger partial charge in [-0.1, -0.05) is 48.5 Å². The molecule has 21 heteroatoms. The predicted octanol–water partition coefficient (Wildman–Crippen LogP) is -3.32. The number of fused-ring (bicyclic) bond motifs is 1. The Hall–Kier alpha value is -7.32. The highest BCUT2D eigenvalue weighted by Gasteiger charge is 2.32. The van der Waals surface area contributed by atoms with Crippen LogP contribution in [-0.4, -0.2) is 114 Å².